The summed E-state index contributed by atoms with van der Waals surface area (Å²) < 4.78 is 46.4. The van der Waals surface area contributed by atoms with E-state index in [-0.39, 0.29) is 11.7 Å². The minimum absolute atomic E-state index is 0.191. The fraction of sp³-hybridized carbons (Fsp3) is 0.524. The number of anilines is 1. The van der Waals surface area contributed by atoms with Gasteiger partial charge in [-0.1, -0.05) is 12.5 Å². The summed E-state index contributed by atoms with van der Waals surface area (Å²) in [5, 5.41) is 0. The fourth-order valence-electron chi connectivity index (χ4n) is 4.04. The Morgan fingerprint density at radius 1 is 1.17 bits per heavy atom. The van der Waals surface area contributed by atoms with Crippen molar-refractivity contribution in [2.75, 3.05) is 31.7 Å². The maximum absolute atomic E-state index is 15.5. The molecule has 1 aromatic carbocycles. The smallest absolute Gasteiger partial charge is 0.211 e. The number of hydrogen-bond acceptors (Lipinski definition) is 6. The Balaban J connectivity index is 1.53. The number of piperidine rings is 1. The quantitative estimate of drug-likeness (QED) is 0.750. The van der Waals surface area contributed by atoms with Crippen molar-refractivity contribution in [2.45, 2.75) is 38.0 Å². The van der Waals surface area contributed by atoms with Crippen LogP contribution in [0.5, 0.6) is 5.75 Å². The number of halogens is 1. The molecule has 7 nitrogen and oxygen atoms in total. The minimum Gasteiger partial charge on any atom is -0.490 e. The van der Waals surface area contributed by atoms with E-state index in [2.05, 4.69) is 9.97 Å². The molecule has 0 unspecified atom stereocenters. The minimum atomic E-state index is -3.17. The lowest BCUT2D eigenvalue weighted by atomic mass is 9.79. The van der Waals surface area contributed by atoms with E-state index < -0.39 is 15.8 Å². The van der Waals surface area contributed by atoms with Crippen molar-refractivity contribution in [1.29, 1.82) is 0 Å². The second kappa shape index (κ2) is 8.47. The van der Waals surface area contributed by atoms with Crippen LogP contribution in [0.15, 0.2) is 24.5 Å². The summed E-state index contributed by atoms with van der Waals surface area (Å²) in [6.45, 7) is 1.32. The summed E-state index contributed by atoms with van der Waals surface area (Å²) in [6, 6.07) is 3.67. The van der Waals surface area contributed by atoms with Crippen LogP contribution in [0.1, 0.15) is 43.6 Å². The van der Waals surface area contributed by atoms with Crippen LogP contribution in [0.4, 0.5) is 10.2 Å². The van der Waals surface area contributed by atoms with Gasteiger partial charge in [0.2, 0.25) is 10.0 Å². The molecule has 9 heteroatoms. The molecule has 4 rings (SSSR count). The lowest BCUT2D eigenvalue weighted by Gasteiger charge is -2.31. The molecular formula is C21H27FN4O3S. The molecule has 0 spiro atoms. The highest BCUT2D eigenvalue weighted by Crippen LogP contribution is 2.44. The molecule has 0 bridgehead atoms. The first-order chi connectivity index (χ1) is 14.3. The number of ether oxygens (including phenoxy) is 1. The maximum atomic E-state index is 15.5. The number of nitrogens with two attached hydrogens (primary N) is 1. The molecule has 1 aliphatic heterocycles. The molecule has 0 amide bonds. The van der Waals surface area contributed by atoms with Gasteiger partial charge in [0.25, 0.3) is 0 Å². The van der Waals surface area contributed by atoms with Crippen molar-refractivity contribution >= 4 is 15.8 Å². The van der Waals surface area contributed by atoms with E-state index in [0.717, 1.165) is 24.8 Å². The molecule has 0 radical (unpaired) electrons. The van der Waals surface area contributed by atoms with Gasteiger partial charge in [0.05, 0.1) is 31.0 Å². The zero-order chi connectivity index (χ0) is 21.3. The van der Waals surface area contributed by atoms with E-state index in [0.29, 0.717) is 55.5 Å². The van der Waals surface area contributed by atoms with E-state index >= 15 is 4.39 Å². The maximum Gasteiger partial charge on any atom is 0.211 e. The Bertz CT molecular complexity index is 1000. The number of aromatic nitrogens is 2. The molecule has 30 heavy (non-hydrogen) atoms. The summed E-state index contributed by atoms with van der Waals surface area (Å²) in [5.41, 5.74) is 7.25. The van der Waals surface area contributed by atoms with Crippen molar-refractivity contribution in [2.24, 2.45) is 5.92 Å². The molecule has 2 N–H and O–H groups in total. The van der Waals surface area contributed by atoms with E-state index in [1.54, 1.807) is 6.07 Å². The molecule has 0 atom stereocenters. The normalized spacial score (nSPS) is 18.9. The number of hydrogen-bond donors (Lipinski definition) is 1. The second-order valence-corrected chi connectivity index (χ2v) is 10.2. The SMILES string of the molecule is CS(=O)(=O)N1CCC(COc2c(C3CCC3)ccc(-c3cnc(N)cn3)c2F)CC1. The molecule has 2 heterocycles. The van der Waals surface area contributed by atoms with Gasteiger partial charge in [-0.05, 0) is 43.6 Å². The van der Waals surface area contributed by atoms with Gasteiger partial charge >= 0.3 is 0 Å². The number of nitrogens with zero attached hydrogens (tertiary/aromatic N) is 3. The zero-order valence-corrected chi connectivity index (χ0v) is 17.9. The molecule has 2 fully saturated rings. The average Bonchev–Trinajstić information content (AvgIpc) is 2.67. The molecule has 162 valence electrons. The van der Waals surface area contributed by atoms with Crippen LogP contribution < -0.4 is 10.5 Å². The molecule has 1 saturated carbocycles. The predicted molar refractivity (Wildman–Crippen MR) is 113 cm³/mol. The molecule has 1 aromatic heterocycles. The van der Waals surface area contributed by atoms with E-state index in [1.165, 1.54) is 23.0 Å². The lowest BCUT2D eigenvalue weighted by Crippen LogP contribution is -2.39. The van der Waals surface area contributed by atoms with Crippen molar-refractivity contribution < 1.29 is 17.5 Å². The Labute approximate surface area is 176 Å². The van der Waals surface area contributed by atoms with Crippen molar-refractivity contribution in [3.8, 4) is 17.0 Å². The second-order valence-electron chi connectivity index (χ2n) is 8.22. The molecule has 2 aliphatic rings. The third-order valence-corrected chi connectivity index (χ3v) is 7.43. The van der Waals surface area contributed by atoms with Gasteiger partial charge in [0, 0.05) is 24.2 Å². The van der Waals surface area contributed by atoms with Crippen LogP contribution in [0.2, 0.25) is 0 Å². The van der Waals surface area contributed by atoms with Crippen LogP contribution in [-0.4, -0.2) is 48.6 Å². The van der Waals surface area contributed by atoms with Gasteiger partial charge in [-0.2, -0.15) is 0 Å². The van der Waals surface area contributed by atoms with Gasteiger partial charge in [0.15, 0.2) is 11.6 Å². The summed E-state index contributed by atoms with van der Waals surface area (Å²) in [5.74, 6) is 0.653. The highest BCUT2D eigenvalue weighted by molar-refractivity contribution is 7.88. The van der Waals surface area contributed by atoms with Gasteiger partial charge in [0.1, 0.15) is 5.82 Å². The first kappa shape index (κ1) is 21.0. The van der Waals surface area contributed by atoms with Crippen molar-refractivity contribution in [1.82, 2.24) is 14.3 Å². The van der Waals surface area contributed by atoms with E-state index in [1.807, 2.05) is 6.07 Å². The van der Waals surface area contributed by atoms with Crippen molar-refractivity contribution in [3.63, 3.8) is 0 Å². The predicted octanol–water partition coefficient (Wildman–Crippen LogP) is 3.18. The van der Waals surface area contributed by atoms with Crippen molar-refractivity contribution in [3.05, 3.63) is 35.9 Å². The average molecular weight is 435 g/mol. The van der Waals surface area contributed by atoms with Gasteiger partial charge in [-0.15, -0.1) is 0 Å². The van der Waals surface area contributed by atoms with E-state index in [4.69, 9.17) is 10.5 Å². The summed E-state index contributed by atoms with van der Waals surface area (Å²) in [6.07, 6.45) is 8.71. The number of benzene rings is 1. The first-order valence-corrected chi connectivity index (χ1v) is 12.2. The van der Waals surface area contributed by atoms with Gasteiger partial charge < -0.3 is 10.5 Å². The zero-order valence-electron chi connectivity index (χ0n) is 17.1. The van der Waals surface area contributed by atoms with Gasteiger partial charge in [-0.25, -0.2) is 22.1 Å². The van der Waals surface area contributed by atoms with Crippen LogP contribution in [-0.2, 0) is 10.0 Å². The highest BCUT2D eigenvalue weighted by atomic mass is 32.2. The summed E-state index contributed by atoms with van der Waals surface area (Å²) in [4.78, 5) is 8.21. The standard InChI is InChI=1S/C21H27FN4O3S/c1-30(27,28)26-9-7-14(8-10-26)13-29-21-16(15-3-2-4-15)5-6-17(20(21)22)18-11-25-19(23)12-24-18/h5-6,11-12,14-15H,2-4,7-10,13H2,1H3,(H2,23,25). The van der Waals surface area contributed by atoms with Gasteiger partial charge in [-0.3, -0.25) is 4.98 Å². The Morgan fingerprint density at radius 2 is 1.90 bits per heavy atom. The first-order valence-electron chi connectivity index (χ1n) is 10.3. The molecule has 1 saturated heterocycles. The number of sulfonamides is 1. The summed E-state index contributed by atoms with van der Waals surface area (Å²) >= 11 is 0. The largest absolute Gasteiger partial charge is 0.490 e. The van der Waals surface area contributed by atoms with Crippen LogP contribution in [0.25, 0.3) is 11.3 Å². The van der Waals surface area contributed by atoms with Crippen LogP contribution in [0, 0.1) is 11.7 Å². The monoisotopic (exact) mass is 434 g/mol. The number of rotatable bonds is 6. The lowest BCUT2D eigenvalue weighted by molar-refractivity contribution is 0.178. The Hall–Kier alpha value is -2.26. The topological polar surface area (TPSA) is 98.4 Å². The third kappa shape index (κ3) is 4.41. The Morgan fingerprint density at radius 3 is 2.47 bits per heavy atom. The van der Waals surface area contributed by atoms with E-state index in [9.17, 15) is 8.42 Å². The molecule has 1 aliphatic carbocycles. The molecular weight excluding hydrogens is 407 g/mol. The summed E-state index contributed by atoms with van der Waals surface area (Å²) in [7, 11) is -3.17. The highest BCUT2D eigenvalue weighted by Gasteiger charge is 2.29. The number of nitrogen functional groups attached to an aromatic ring is 1. The Kier molecular flexibility index (Phi) is 5.92. The van der Waals surface area contributed by atoms with Crippen LogP contribution >= 0.6 is 0 Å². The van der Waals surface area contributed by atoms with Crippen LogP contribution in [0.3, 0.4) is 0 Å². The fourth-order valence-corrected chi connectivity index (χ4v) is 4.92. The molecule has 2 aromatic rings. The third-order valence-electron chi connectivity index (χ3n) is 6.13.